The van der Waals surface area contributed by atoms with Crippen LogP contribution in [0.1, 0.15) is 155 Å². The van der Waals surface area contributed by atoms with Gasteiger partial charge in [0, 0.05) is 37.9 Å². The standard InChI is InChI=1S/2C15H31NO4S.Ca/c2*1-2-3-4-5-6-7-8-9-10-11-14-21(19,20)16-13-12-15(17)18;/h2*16H,2-14H2,1H3,(H,17,18);/q;;+2/p-2. The Labute approximate surface area is 293 Å². The van der Waals surface area contributed by atoms with Crippen molar-refractivity contribution in [2.24, 2.45) is 0 Å². The van der Waals surface area contributed by atoms with Crippen molar-refractivity contribution in [1.82, 2.24) is 9.44 Å². The molecule has 0 heterocycles. The molecule has 0 aromatic carbocycles. The zero-order valence-electron chi connectivity index (χ0n) is 27.2. The van der Waals surface area contributed by atoms with Crippen molar-refractivity contribution in [3.63, 3.8) is 0 Å². The Morgan fingerprint density at radius 3 is 0.930 bits per heavy atom. The molecule has 0 atom stereocenters. The van der Waals surface area contributed by atoms with Crippen LogP contribution in [0.5, 0.6) is 0 Å². The van der Waals surface area contributed by atoms with Crippen molar-refractivity contribution >= 4 is 69.7 Å². The first kappa shape index (κ1) is 47.4. The summed E-state index contributed by atoms with van der Waals surface area (Å²) >= 11 is 0. The molecule has 0 saturated carbocycles. The van der Waals surface area contributed by atoms with Crippen LogP contribution in [0.15, 0.2) is 0 Å². The van der Waals surface area contributed by atoms with Gasteiger partial charge in [0.15, 0.2) is 0 Å². The first-order valence-electron chi connectivity index (χ1n) is 16.3. The van der Waals surface area contributed by atoms with Crippen molar-refractivity contribution in [2.75, 3.05) is 24.6 Å². The van der Waals surface area contributed by atoms with Gasteiger partial charge < -0.3 is 19.8 Å². The predicted octanol–water partition coefficient (Wildman–Crippen LogP) is 3.55. The Morgan fingerprint density at radius 2 is 0.698 bits per heavy atom. The fraction of sp³-hybridized carbons (Fsp3) is 0.933. The van der Waals surface area contributed by atoms with Crippen LogP contribution in [0, 0.1) is 0 Å². The summed E-state index contributed by atoms with van der Waals surface area (Å²) in [4.78, 5) is 20.4. The summed E-state index contributed by atoms with van der Waals surface area (Å²) in [5.74, 6) is -2.32. The molecule has 0 aliphatic heterocycles. The molecule has 0 bridgehead atoms. The van der Waals surface area contributed by atoms with Crippen molar-refractivity contribution in [2.45, 2.75) is 155 Å². The largest absolute Gasteiger partial charge is 2.00 e. The second-order valence-electron chi connectivity index (χ2n) is 11.0. The summed E-state index contributed by atoms with van der Waals surface area (Å²) < 4.78 is 50.6. The summed E-state index contributed by atoms with van der Waals surface area (Å²) in [5.41, 5.74) is 0. The van der Waals surface area contributed by atoms with Gasteiger partial charge in [-0.1, -0.05) is 129 Å². The van der Waals surface area contributed by atoms with Crippen LogP contribution in [-0.2, 0) is 29.6 Å². The average molecular weight is 681 g/mol. The molecule has 0 radical (unpaired) electrons. The molecule has 252 valence electrons. The van der Waals surface area contributed by atoms with Crippen molar-refractivity contribution in [3.8, 4) is 0 Å². The van der Waals surface area contributed by atoms with E-state index in [1.54, 1.807) is 0 Å². The number of carboxylic acids is 2. The molecule has 10 nitrogen and oxygen atoms in total. The van der Waals surface area contributed by atoms with E-state index in [-0.39, 0.29) is 75.2 Å². The number of aliphatic carboxylic acids is 2. The number of hydrogen-bond acceptors (Lipinski definition) is 8. The second kappa shape index (κ2) is 33.4. The molecule has 13 heteroatoms. The van der Waals surface area contributed by atoms with Crippen molar-refractivity contribution in [1.29, 1.82) is 0 Å². The van der Waals surface area contributed by atoms with Crippen LogP contribution in [0.2, 0.25) is 0 Å². The Hall–Kier alpha value is 0.0197. The first-order chi connectivity index (χ1) is 20.0. The Morgan fingerprint density at radius 1 is 0.465 bits per heavy atom. The summed E-state index contributed by atoms with van der Waals surface area (Å²) in [7, 11) is -6.65. The smallest absolute Gasteiger partial charge is 0.550 e. The van der Waals surface area contributed by atoms with Gasteiger partial charge in [-0.3, -0.25) is 0 Å². The fourth-order valence-corrected chi connectivity index (χ4v) is 6.60. The van der Waals surface area contributed by atoms with Gasteiger partial charge in [-0.15, -0.1) is 0 Å². The first-order valence-corrected chi connectivity index (χ1v) is 19.6. The van der Waals surface area contributed by atoms with E-state index < -0.39 is 32.0 Å². The molecular weight excluding hydrogens is 621 g/mol. The van der Waals surface area contributed by atoms with Crippen LogP contribution in [0.4, 0.5) is 0 Å². The molecule has 0 unspecified atom stereocenters. The molecule has 0 aliphatic carbocycles. The van der Waals surface area contributed by atoms with Gasteiger partial charge >= 0.3 is 37.7 Å². The number of rotatable bonds is 30. The Bertz CT molecular complexity index is 786. The van der Waals surface area contributed by atoms with Gasteiger partial charge in [-0.25, -0.2) is 26.3 Å². The Balaban J connectivity index is -0.000000727. The number of carbonyl (C=O) groups is 2. The zero-order chi connectivity index (χ0) is 32.0. The van der Waals surface area contributed by atoms with E-state index in [0.29, 0.717) is 12.8 Å². The summed E-state index contributed by atoms with van der Waals surface area (Å²) in [6.07, 6.45) is 22.5. The zero-order valence-corrected chi connectivity index (χ0v) is 31.0. The maximum atomic E-state index is 11.5. The van der Waals surface area contributed by atoms with Gasteiger partial charge in [-0.05, 0) is 12.8 Å². The maximum Gasteiger partial charge on any atom is 2.00 e. The number of nitrogens with one attached hydrogen (secondary N) is 2. The maximum absolute atomic E-state index is 11.5. The van der Waals surface area contributed by atoms with E-state index in [0.717, 1.165) is 25.7 Å². The number of hydrogen-bond donors (Lipinski definition) is 2. The number of sulfonamides is 2. The normalized spacial score (nSPS) is 11.4. The number of carbonyl (C=O) groups excluding carboxylic acids is 2. The molecule has 0 aromatic rings. The third kappa shape index (κ3) is 42.0. The van der Waals surface area contributed by atoms with E-state index >= 15 is 0 Å². The molecule has 0 fully saturated rings. The van der Waals surface area contributed by atoms with Crippen LogP contribution in [0.3, 0.4) is 0 Å². The van der Waals surface area contributed by atoms with E-state index in [1.807, 2.05) is 0 Å². The van der Waals surface area contributed by atoms with Gasteiger partial charge in [0.2, 0.25) is 20.0 Å². The molecular formula is C30H60CaN2O8S2. The van der Waals surface area contributed by atoms with Crippen LogP contribution in [0.25, 0.3) is 0 Å². The monoisotopic (exact) mass is 680 g/mol. The average Bonchev–Trinajstić information content (AvgIpc) is 2.90. The molecule has 0 spiro atoms. The minimum Gasteiger partial charge on any atom is -0.550 e. The van der Waals surface area contributed by atoms with Gasteiger partial charge in [0.1, 0.15) is 0 Å². The van der Waals surface area contributed by atoms with Crippen LogP contribution in [-0.4, -0.2) is 91.1 Å². The Kier molecular flexibility index (Phi) is 36.8. The summed E-state index contributed by atoms with van der Waals surface area (Å²) in [5, 5.41) is 20.4. The molecule has 0 aliphatic rings. The molecule has 0 rings (SSSR count). The van der Waals surface area contributed by atoms with Crippen LogP contribution >= 0.6 is 0 Å². The summed E-state index contributed by atoms with van der Waals surface area (Å²) in [6, 6.07) is 0. The second-order valence-corrected chi connectivity index (χ2v) is 14.9. The van der Waals surface area contributed by atoms with Crippen molar-refractivity contribution < 1.29 is 36.6 Å². The molecule has 43 heavy (non-hydrogen) atoms. The van der Waals surface area contributed by atoms with E-state index in [2.05, 4.69) is 23.3 Å². The number of carboxylic acid groups (broad SMARTS) is 2. The molecule has 2 N–H and O–H groups in total. The third-order valence-corrected chi connectivity index (χ3v) is 9.78. The van der Waals surface area contributed by atoms with Crippen LogP contribution < -0.4 is 19.7 Å². The quantitative estimate of drug-likeness (QED) is 0.0856. The van der Waals surface area contributed by atoms with Gasteiger partial charge in [0.25, 0.3) is 0 Å². The van der Waals surface area contributed by atoms with Gasteiger partial charge in [0.05, 0.1) is 11.5 Å². The van der Waals surface area contributed by atoms with E-state index in [9.17, 15) is 36.6 Å². The van der Waals surface area contributed by atoms with E-state index in [1.165, 1.54) is 89.9 Å². The third-order valence-electron chi connectivity index (χ3n) is 6.84. The minimum absolute atomic E-state index is 0. The topological polar surface area (TPSA) is 173 Å². The molecule has 0 amide bonds. The number of unbranched alkanes of at least 4 members (excludes halogenated alkanes) is 18. The van der Waals surface area contributed by atoms with E-state index in [4.69, 9.17) is 0 Å². The SMILES string of the molecule is CCCCCCCCCCCCS(=O)(=O)NCCC(=O)[O-].CCCCCCCCCCCCS(=O)(=O)NCCC(=O)[O-].[Ca+2]. The van der Waals surface area contributed by atoms with Gasteiger partial charge in [-0.2, -0.15) is 0 Å². The summed E-state index contributed by atoms with van der Waals surface area (Å²) in [6.45, 7) is 4.26. The minimum atomic E-state index is -3.33. The fourth-order valence-electron chi connectivity index (χ4n) is 4.32. The van der Waals surface area contributed by atoms with Crippen molar-refractivity contribution in [3.05, 3.63) is 0 Å². The molecule has 0 saturated heterocycles. The predicted molar refractivity (Wildman–Crippen MR) is 172 cm³/mol. The molecule has 0 aromatic heterocycles.